The second-order valence-corrected chi connectivity index (χ2v) is 9.13. The zero-order valence-electron chi connectivity index (χ0n) is 20.4. The van der Waals surface area contributed by atoms with Crippen LogP contribution < -0.4 is 27.8 Å². The molecule has 192 valence electrons. The van der Waals surface area contributed by atoms with E-state index in [1.54, 1.807) is 24.3 Å². The van der Waals surface area contributed by atoms with Crippen molar-refractivity contribution in [2.75, 3.05) is 13.1 Å². The highest BCUT2D eigenvalue weighted by atomic mass is 16.2. The summed E-state index contributed by atoms with van der Waals surface area (Å²) >= 11 is 0. The van der Waals surface area contributed by atoms with Gasteiger partial charge in [-0.15, -0.1) is 0 Å². The minimum atomic E-state index is -0.944. The van der Waals surface area contributed by atoms with E-state index < -0.39 is 35.8 Å². The van der Waals surface area contributed by atoms with E-state index in [9.17, 15) is 19.2 Å². The highest BCUT2D eigenvalue weighted by Crippen LogP contribution is 2.21. The van der Waals surface area contributed by atoms with Gasteiger partial charge in [0.25, 0.3) is 5.91 Å². The Bertz CT molecular complexity index is 916. The van der Waals surface area contributed by atoms with Crippen molar-refractivity contribution in [3.63, 3.8) is 0 Å². The van der Waals surface area contributed by atoms with Crippen molar-refractivity contribution in [2.24, 2.45) is 28.1 Å². The molecular formula is C24H37N7O4. The number of nitrogens with two attached hydrogens (primary N) is 3. The molecule has 2 rings (SSSR count). The summed E-state index contributed by atoms with van der Waals surface area (Å²) in [6, 6.07) is 6.25. The predicted molar refractivity (Wildman–Crippen MR) is 133 cm³/mol. The van der Waals surface area contributed by atoms with Crippen LogP contribution in [-0.2, 0) is 14.4 Å². The van der Waals surface area contributed by atoms with Crippen molar-refractivity contribution in [1.82, 2.24) is 15.5 Å². The molecule has 0 spiro atoms. The molecule has 0 saturated carbocycles. The summed E-state index contributed by atoms with van der Waals surface area (Å²) in [5.74, 6) is -1.77. The average molecular weight is 488 g/mol. The van der Waals surface area contributed by atoms with E-state index in [0.717, 1.165) is 0 Å². The van der Waals surface area contributed by atoms with Gasteiger partial charge in [-0.25, -0.2) is 0 Å². The molecule has 1 aromatic rings. The Kier molecular flexibility index (Phi) is 10.5. The maximum absolute atomic E-state index is 13.2. The molecule has 1 saturated heterocycles. The van der Waals surface area contributed by atoms with E-state index in [1.807, 2.05) is 19.9 Å². The van der Waals surface area contributed by atoms with Gasteiger partial charge in [-0.3, -0.25) is 24.2 Å². The van der Waals surface area contributed by atoms with Crippen LogP contribution in [0.3, 0.4) is 0 Å². The van der Waals surface area contributed by atoms with Crippen molar-refractivity contribution >= 4 is 29.6 Å². The lowest BCUT2D eigenvalue weighted by Gasteiger charge is -2.27. The zero-order chi connectivity index (χ0) is 26.0. The van der Waals surface area contributed by atoms with Gasteiger partial charge in [0.05, 0.1) is 0 Å². The lowest BCUT2D eigenvalue weighted by Crippen LogP contribution is -2.56. The molecular weight excluding hydrogens is 450 g/mol. The summed E-state index contributed by atoms with van der Waals surface area (Å²) in [6.07, 6.45) is 2.19. The van der Waals surface area contributed by atoms with Crippen LogP contribution >= 0.6 is 0 Å². The number of nitrogens with zero attached hydrogens (tertiary/aromatic N) is 2. The van der Waals surface area contributed by atoms with Crippen LogP contribution in [0.4, 0.5) is 0 Å². The third kappa shape index (κ3) is 8.58. The summed E-state index contributed by atoms with van der Waals surface area (Å²) < 4.78 is 0. The van der Waals surface area contributed by atoms with Crippen molar-refractivity contribution in [3.8, 4) is 0 Å². The molecule has 1 aliphatic rings. The first-order valence-corrected chi connectivity index (χ1v) is 11.9. The molecule has 1 fully saturated rings. The molecule has 0 aliphatic carbocycles. The first-order valence-electron chi connectivity index (χ1n) is 11.9. The number of carbonyl (C=O) groups excluding carboxylic acids is 4. The Morgan fingerprint density at radius 3 is 2.34 bits per heavy atom. The van der Waals surface area contributed by atoms with Crippen LogP contribution in [0.2, 0.25) is 0 Å². The maximum Gasteiger partial charge on any atom is 0.254 e. The molecule has 3 unspecified atom stereocenters. The van der Waals surface area contributed by atoms with Gasteiger partial charge < -0.3 is 32.7 Å². The summed E-state index contributed by atoms with van der Waals surface area (Å²) in [6.45, 7) is 4.55. The van der Waals surface area contributed by atoms with Crippen LogP contribution in [0.1, 0.15) is 56.3 Å². The van der Waals surface area contributed by atoms with Crippen LogP contribution in [0.15, 0.2) is 35.3 Å². The second-order valence-electron chi connectivity index (χ2n) is 9.13. The van der Waals surface area contributed by atoms with E-state index in [0.29, 0.717) is 37.8 Å². The summed E-state index contributed by atoms with van der Waals surface area (Å²) in [5, 5.41) is 5.43. The largest absolute Gasteiger partial charge is 0.370 e. The topological polar surface area (TPSA) is 186 Å². The van der Waals surface area contributed by atoms with Crippen LogP contribution in [0, 0.1) is 5.92 Å². The summed E-state index contributed by atoms with van der Waals surface area (Å²) in [7, 11) is 0. The zero-order valence-corrected chi connectivity index (χ0v) is 20.4. The monoisotopic (exact) mass is 487 g/mol. The quantitative estimate of drug-likeness (QED) is 0.155. The van der Waals surface area contributed by atoms with Crippen LogP contribution in [0.25, 0.3) is 0 Å². The maximum atomic E-state index is 13.2. The number of likely N-dealkylation sites (tertiary alicyclic amines) is 1. The minimum absolute atomic E-state index is 0.0678. The number of rotatable bonds is 12. The predicted octanol–water partition coefficient (Wildman–Crippen LogP) is -0.154. The van der Waals surface area contributed by atoms with Crippen LogP contribution in [0.5, 0.6) is 0 Å². The number of nitrogens with one attached hydrogen (secondary N) is 2. The van der Waals surface area contributed by atoms with Gasteiger partial charge in [0.15, 0.2) is 5.96 Å². The highest BCUT2D eigenvalue weighted by molar-refractivity contribution is 5.99. The number of hydrogen-bond acceptors (Lipinski definition) is 5. The molecule has 4 amide bonds. The van der Waals surface area contributed by atoms with Crippen molar-refractivity contribution in [1.29, 1.82) is 0 Å². The lowest BCUT2D eigenvalue weighted by atomic mass is 10.0. The first kappa shape index (κ1) is 27.6. The van der Waals surface area contributed by atoms with E-state index in [2.05, 4.69) is 15.6 Å². The molecule has 11 nitrogen and oxygen atoms in total. The molecule has 0 aromatic heterocycles. The number of carbonyl (C=O) groups is 4. The van der Waals surface area contributed by atoms with Gasteiger partial charge >= 0.3 is 0 Å². The first-order chi connectivity index (χ1) is 16.6. The van der Waals surface area contributed by atoms with Gasteiger partial charge in [-0.1, -0.05) is 32.0 Å². The molecule has 1 heterocycles. The number of hydrogen-bond donors (Lipinski definition) is 5. The van der Waals surface area contributed by atoms with Gasteiger partial charge in [0, 0.05) is 18.7 Å². The Morgan fingerprint density at radius 2 is 1.74 bits per heavy atom. The fraction of sp³-hybridized carbons (Fsp3) is 0.542. The lowest BCUT2D eigenvalue weighted by molar-refractivity contribution is -0.133. The van der Waals surface area contributed by atoms with Crippen LogP contribution in [-0.4, -0.2) is 65.7 Å². The number of guanidine groups is 1. The smallest absolute Gasteiger partial charge is 0.254 e. The summed E-state index contributed by atoms with van der Waals surface area (Å²) in [5.41, 5.74) is 16.7. The molecule has 8 N–H and O–H groups in total. The number of amides is 4. The van der Waals surface area contributed by atoms with Gasteiger partial charge in [0.2, 0.25) is 17.7 Å². The third-order valence-electron chi connectivity index (χ3n) is 5.78. The van der Waals surface area contributed by atoms with Crippen molar-refractivity contribution in [3.05, 3.63) is 35.9 Å². The fourth-order valence-electron chi connectivity index (χ4n) is 4.06. The number of benzene rings is 1. The molecule has 0 radical (unpaired) electrons. The molecule has 1 aliphatic heterocycles. The van der Waals surface area contributed by atoms with E-state index in [-0.39, 0.29) is 30.8 Å². The van der Waals surface area contributed by atoms with Crippen molar-refractivity contribution in [2.45, 2.75) is 64.1 Å². The molecule has 0 bridgehead atoms. The molecule has 35 heavy (non-hydrogen) atoms. The van der Waals surface area contributed by atoms with E-state index >= 15 is 0 Å². The highest BCUT2D eigenvalue weighted by Gasteiger charge is 2.36. The molecule has 1 aromatic carbocycles. The molecule has 3 atom stereocenters. The van der Waals surface area contributed by atoms with Gasteiger partial charge in [-0.05, 0) is 50.2 Å². The Labute approximate surface area is 205 Å². The summed E-state index contributed by atoms with van der Waals surface area (Å²) in [4.78, 5) is 56.5. The Balaban J connectivity index is 2.13. The minimum Gasteiger partial charge on any atom is -0.370 e. The number of primary amides is 1. The van der Waals surface area contributed by atoms with E-state index in [4.69, 9.17) is 17.2 Å². The van der Waals surface area contributed by atoms with E-state index in [1.165, 1.54) is 4.90 Å². The second kappa shape index (κ2) is 13.3. The molecule has 11 heteroatoms. The van der Waals surface area contributed by atoms with Gasteiger partial charge in [0.1, 0.15) is 18.1 Å². The third-order valence-corrected chi connectivity index (χ3v) is 5.78. The Hall–Kier alpha value is -3.63. The fourth-order valence-corrected chi connectivity index (χ4v) is 4.06. The van der Waals surface area contributed by atoms with Gasteiger partial charge in [-0.2, -0.15) is 0 Å². The SMILES string of the molecule is CC(C)CC(NC(=O)C(CCCN=C(N)N)NC(=O)C1CCCN1C(=O)c1ccccc1)C(N)=O. The Morgan fingerprint density at radius 1 is 1.06 bits per heavy atom. The number of aliphatic imine (C=N–C) groups is 1. The standard InChI is InChI=1S/C24H37N7O4/c1-15(2)14-18(20(25)32)30-21(33)17(10-6-12-28-24(26)27)29-22(34)19-11-7-13-31(19)23(35)16-8-4-3-5-9-16/h3-5,8-9,15,17-19H,6-7,10-14H2,1-2H3,(H2,25,32)(H,29,34)(H,30,33)(H4,26,27,28). The van der Waals surface area contributed by atoms with Crippen molar-refractivity contribution < 1.29 is 19.2 Å². The normalized spacial score (nSPS) is 16.9. The average Bonchev–Trinajstić information content (AvgIpc) is 3.30.